The van der Waals surface area contributed by atoms with Crippen LogP contribution in [0.1, 0.15) is 28.7 Å². The Morgan fingerprint density at radius 3 is 2.57 bits per heavy atom. The average molecular weight is 378 g/mol. The number of hydrogen-bond acceptors (Lipinski definition) is 4. The number of hydrogen-bond donors (Lipinski definition) is 3. The van der Waals surface area contributed by atoms with Gasteiger partial charge in [-0.05, 0) is 49.7 Å². The van der Waals surface area contributed by atoms with Crippen LogP contribution in [0.2, 0.25) is 0 Å². The highest BCUT2D eigenvalue weighted by molar-refractivity contribution is 5.96. The molecule has 28 heavy (non-hydrogen) atoms. The van der Waals surface area contributed by atoms with Crippen LogP contribution in [0, 0.1) is 6.92 Å². The molecule has 0 bridgehead atoms. The summed E-state index contributed by atoms with van der Waals surface area (Å²) in [7, 11) is 0. The Morgan fingerprint density at radius 1 is 1.07 bits per heavy atom. The van der Waals surface area contributed by atoms with E-state index >= 15 is 0 Å². The van der Waals surface area contributed by atoms with Gasteiger partial charge in [-0.2, -0.15) is 0 Å². The Kier molecular flexibility index (Phi) is 6.01. The van der Waals surface area contributed by atoms with Crippen LogP contribution >= 0.6 is 0 Å². The van der Waals surface area contributed by atoms with Crippen molar-refractivity contribution in [2.24, 2.45) is 0 Å². The number of carbonyl (C=O) groups excluding carboxylic acids is 2. The lowest BCUT2D eigenvalue weighted by atomic mass is 10.1. The quantitative estimate of drug-likeness (QED) is 0.614. The van der Waals surface area contributed by atoms with E-state index in [4.69, 9.17) is 0 Å². The third kappa shape index (κ3) is 4.53. The minimum absolute atomic E-state index is 0.137. The first-order valence-electron chi connectivity index (χ1n) is 8.96. The molecule has 0 radical (unpaired) electrons. The third-order valence-electron chi connectivity index (χ3n) is 4.13. The zero-order valence-electron chi connectivity index (χ0n) is 15.8. The Labute approximate surface area is 163 Å². The van der Waals surface area contributed by atoms with Crippen LogP contribution in [0.15, 0.2) is 54.9 Å². The maximum Gasteiger partial charge on any atom is 0.319 e. The second-order valence-electron chi connectivity index (χ2n) is 6.15. The van der Waals surface area contributed by atoms with Crippen LogP contribution < -0.4 is 16.0 Å². The molecule has 3 rings (SSSR count). The van der Waals surface area contributed by atoms with Crippen molar-refractivity contribution in [2.45, 2.75) is 20.4 Å². The molecule has 0 saturated heterocycles. The number of carbonyl (C=O) groups is 2. The van der Waals surface area contributed by atoms with Crippen LogP contribution in [0.25, 0.3) is 5.69 Å². The van der Waals surface area contributed by atoms with Crippen LogP contribution in [0.5, 0.6) is 0 Å². The molecule has 0 spiro atoms. The Morgan fingerprint density at radius 2 is 1.86 bits per heavy atom. The van der Waals surface area contributed by atoms with Gasteiger partial charge in [-0.15, -0.1) is 10.2 Å². The maximum absolute atomic E-state index is 12.3. The second-order valence-corrected chi connectivity index (χ2v) is 6.15. The predicted octanol–water partition coefficient (Wildman–Crippen LogP) is 2.65. The minimum Gasteiger partial charge on any atom is -0.352 e. The van der Waals surface area contributed by atoms with Gasteiger partial charge in [0, 0.05) is 23.5 Å². The lowest BCUT2D eigenvalue weighted by Crippen LogP contribution is -2.29. The molecule has 1 aromatic heterocycles. The van der Waals surface area contributed by atoms with Crippen LogP contribution in [0.3, 0.4) is 0 Å². The molecular formula is C20H22N6O2. The van der Waals surface area contributed by atoms with Gasteiger partial charge in [-0.1, -0.05) is 18.2 Å². The Balaban J connectivity index is 1.61. The summed E-state index contributed by atoms with van der Waals surface area (Å²) in [5.41, 5.74) is 2.91. The predicted molar refractivity (Wildman–Crippen MR) is 106 cm³/mol. The lowest BCUT2D eigenvalue weighted by molar-refractivity contribution is 0.0955. The molecular weight excluding hydrogens is 356 g/mol. The number of benzene rings is 2. The Hall–Kier alpha value is -3.68. The fourth-order valence-electron chi connectivity index (χ4n) is 2.72. The molecule has 0 unspecified atom stereocenters. The molecule has 1 heterocycles. The van der Waals surface area contributed by atoms with Crippen molar-refractivity contribution in [3.05, 3.63) is 71.8 Å². The topological polar surface area (TPSA) is 101 Å². The molecule has 0 saturated carbocycles. The van der Waals surface area contributed by atoms with E-state index in [0.29, 0.717) is 23.6 Å². The molecule has 3 N–H and O–H groups in total. The normalized spacial score (nSPS) is 10.4. The number of aryl methyl sites for hydroxylation is 1. The first-order valence-corrected chi connectivity index (χ1v) is 8.96. The molecule has 0 aliphatic rings. The molecule has 0 atom stereocenters. The third-order valence-corrected chi connectivity index (χ3v) is 4.13. The highest BCUT2D eigenvalue weighted by Gasteiger charge is 2.11. The van der Waals surface area contributed by atoms with Gasteiger partial charge in [0.25, 0.3) is 5.91 Å². The first-order chi connectivity index (χ1) is 13.6. The van der Waals surface area contributed by atoms with E-state index in [2.05, 4.69) is 26.1 Å². The van der Waals surface area contributed by atoms with Crippen molar-refractivity contribution in [2.75, 3.05) is 11.9 Å². The van der Waals surface area contributed by atoms with Crippen LogP contribution in [-0.2, 0) is 6.54 Å². The summed E-state index contributed by atoms with van der Waals surface area (Å²) in [5.74, 6) is 0.478. The van der Waals surface area contributed by atoms with Gasteiger partial charge in [0.2, 0.25) is 0 Å². The molecule has 3 amide bonds. The fraction of sp³-hybridized carbons (Fsp3) is 0.200. The van der Waals surface area contributed by atoms with E-state index in [1.807, 2.05) is 48.7 Å². The van der Waals surface area contributed by atoms with Gasteiger partial charge >= 0.3 is 6.03 Å². The van der Waals surface area contributed by atoms with Gasteiger partial charge in [-0.25, -0.2) is 4.79 Å². The smallest absolute Gasteiger partial charge is 0.319 e. The van der Waals surface area contributed by atoms with E-state index in [-0.39, 0.29) is 18.5 Å². The van der Waals surface area contributed by atoms with Gasteiger partial charge in [0.15, 0.2) is 5.82 Å². The zero-order valence-corrected chi connectivity index (χ0v) is 15.8. The fourth-order valence-corrected chi connectivity index (χ4v) is 2.72. The molecule has 0 aliphatic carbocycles. The zero-order chi connectivity index (χ0) is 19.9. The monoisotopic (exact) mass is 378 g/mol. The molecule has 8 nitrogen and oxygen atoms in total. The van der Waals surface area contributed by atoms with Crippen molar-refractivity contribution in [3.63, 3.8) is 0 Å². The van der Waals surface area contributed by atoms with Crippen molar-refractivity contribution in [1.82, 2.24) is 25.4 Å². The van der Waals surface area contributed by atoms with Crippen molar-refractivity contribution in [3.8, 4) is 5.69 Å². The molecule has 8 heteroatoms. The Bertz CT molecular complexity index is 968. The second kappa shape index (κ2) is 8.81. The summed E-state index contributed by atoms with van der Waals surface area (Å²) in [6.45, 7) is 4.48. The number of rotatable bonds is 6. The summed E-state index contributed by atoms with van der Waals surface area (Å²) in [5, 5.41) is 16.3. The van der Waals surface area contributed by atoms with Gasteiger partial charge < -0.3 is 16.0 Å². The highest BCUT2D eigenvalue weighted by Crippen LogP contribution is 2.16. The number of para-hydroxylation sites is 1. The summed E-state index contributed by atoms with van der Waals surface area (Å²) < 4.78 is 1.81. The maximum atomic E-state index is 12.3. The van der Waals surface area contributed by atoms with E-state index in [1.54, 1.807) is 24.5 Å². The van der Waals surface area contributed by atoms with E-state index in [1.165, 1.54) is 0 Å². The van der Waals surface area contributed by atoms with E-state index in [0.717, 1.165) is 11.3 Å². The van der Waals surface area contributed by atoms with Gasteiger partial charge in [0.1, 0.15) is 6.33 Å². The lowest BCUT2D eigenvalue weighted by Gasteiger charge is -2.12. The SMILES string of the molecule is CCNC(=O)c1ccc(NC(=O)NCc2nncn2-c2ccccc2)c(C)c1. The summed E-state index contributed by atoms with van der Waals surface area (Å²) in [6.07, 6.45) is 1.61. The number of amides is 3. The molecule has 2 aromatic carbocycles. The largest absolute Gasteiger partial charge is 0.352 e. The standard InChI is InChI=1S/C20H22N6O2/c1-3-21-19(27)15-9-10-17(14(2)11-15)24-20(28)22-12-18-25-23-13-26(18)16-7-5-4-6-8-16/h4-11,13H,3,12H2,1-2H3,(H,21,27)(H2,22,24,28). The summed E-state index contributed by atoms with van der Waals surface area (Å²) in [4.78, 5) is 24.2. The first kappa shape index (κ1) is 19.1. The molecule has 3 aromatic rings. The number of urea groups is 1. The summed E-state index contributed by atoms with van der Waals surface area (Å²) >= 11 is 0. The van der Waals surface area contributed by atoms with Crippen molar-refractivity contribution < 1.29 is 9.59 Å². The number of aromatic nitrogens is 3. The minimum atomic E-state index is -0.364. The van der Waals surface area contributed by atoms with E-state index in [9.17, 15) is 9.59 Å². The summed E-state index contributed by atoms with van der Waals surface area (Å²) in [6, 6.07) is 14.4. The molecule has 0 fully saturated rings. The number of anilines is 1. The van der Waals surface area contributed by atoms with Crippen LogP contribution in [-0.4, -0.2) is 33.2 Å². The van der Waals surface area contributed by atoms with Gasteiger partial charge in [-0.3, -0.25) is 9.36 Å². The van der Waals surface area contributed by atoms with Crippen molar-refractivity contribution >= 4 is 17.6 Å². The van der Waals surface area contributed by atoms with E-state index < -0.39 is 0 Å². The molecule has 0 aliphatic heterocycles. The number of nitrogens with one attached hydrogen (secondary N) is 3. The number of nitrogens with zero attached hydrogens (tertiary/aromatic N) is 3. The van der Waals surface area contributed by atoms with Crippen molar-refractivity contribution in [1.29, 1.82) is 0 Å². The average Bonchev–Trinajstić information content (AvgIpc) is 3.17. The van der Waals surface area contributed by atoms with Gasteiger partial charge in [0.05, 0.1) is 6.54 Å². The molecule has 144 valence electrons. The van der Waals surface area contributed by atoms with Crippen LogP contribution in [0.4, 0.5) is 10.5 Å². The highest BCUT2D eigenvalue weighted by atomic mass is 16.2.